The molecule has 20 heavy (non-hydrogen) atoms. The number of rotatable bonds is 3. The summed E-state index contributed by atoms with van der Waals surface area (Å²) in [7, 11) is 0. The molecule has 0 N–H and O–H groups in total. The topological polar surface area (TPSA) is 17.8 Å². The highest BCUT2D eigenvalue weighted by atomic mass is 79.9. The van der Waals surface area contributed by atoms with Crippen LogP contribution in [0.4, 0.5) is 0 Å². The molecule has 2 nitrogen and oxygen atoms in total. The fourth-order valence-electron chi connectivity index (χ4n) is 2.47. The smallest absolute Gasteiger partial charge is 0.112 e. The number of benzene rings is 2. The van der Waals surface area contributed by atoms with Crippen LogP contribution in [0.5, 0.6) is 0 Å². The van der Waals surface area contributed by atoms with E-state index in [2.05, 4.69) is 76.8 Å². The lowest BCUT2D eigenvalue weighted by Crippen LogP contribution is -2.06. The van der Waals surface area contributed by atoms with Gasteiger partial charge in [0.1, 0.15) is 5.82 Å². The van der Waals surface area contributed by atoms with Crippen molar-refractivity contribution in [2.24, 2.45) is 0 Å². The molecule has 0 amide bonds. The minimum absolute atomic E-state index is 0.415. The van der Waals surface area contributed by atoms with E-state index in [0.29, 0.717) is 5.92 Å². The summed E-state index contributed by atoms with van der Waals surface area (Å²) in [4.78, 5) is 4.78. The molecule has 0 aliphatic carbocycles. The van der Waals surface area contributed by atoms with E-state index in [-0.39, 0.29) is 0 Å². The molecule has 0 aliphatic rings. The number of hydrogen-bond acceptors (Lipinski definition) is 1. The van der Waals surface area contributed by atoms with Gasteiger partial charge in [0.2, 0.25) is 0 Å². The van der Waals surface area contributed by atoms with Gasteiger partial charge in [0.15, 0.2) is 0 Å². The monoisotopic (exact) mass is 328 g/mol. The summed E-state index contributed by atoms with van der Waals surface area (Å²) in [5.74, 6) is 1.56. The van der Waals surface area contributed by atoms with Crippen molar-refractivity contribution in [2.45, 2.75) is 26.3 Å². The molecule has 2 aromatic carbocycles. The molecule has 102 valence electrons. The second-order valence-electron chi connectivity index (χ2n) is 5.33. The van der Waals surface area contributed by atoms with Crippen LogP contribution in [0.25, 0.3) is 11.0 Å². The van der Waals surface area contributed by atoms with E-state index in [1.54, 1.807) is 0 Å². The standard InChI is InChI=1S/C17H17BrN2/c1-12(2)17-19-15-5-3-4-6-16(15)20(17)11-13-7-9-14(18)10-8-13/h3-10,12H,11H2,1-2H3. The molecule has 1 aromatic heterocycles. The fourth-order valence-corrected chi connectivity index (χ4v) is 2.74. The lowest BCUT2D eigenvalue weighted by Gasteiger charge is -2.11. The van der Waals surface area contributed by atoms with Crippen LogP contribution in [0, 0.1) is 0 Å². The van der Waals surface area contributed by atoms with E-state index in [1.165, 1.54) is 11.1 Å². The van der Waals surface area contributed by atoms with Crippen molar-refractivity contribution in [2.75, 3.05) is 0 Å². The molecule has 0 spiro atoms. The number of halogens is 1. The minimum atomic E-state index is 0.415. The van der Waals surface area contributed by atoms with E-state index in [1.807, 2.05) is 6.07 Å². The van der Waals surface area contributed by atoms with Gasteiger partial charge >= 0.3 is 0 Å². The van der Waals surface area contributed by atoms with Crippen molar-refractivity contribution in [1.29, 1.82) is 0 Å². The van der Waals surface area contributed by atoms with Crippen molar-refractivity contribution in [1.82, 2.24) is 9.55 Å². The second kappa shape index (κ2) is 5.41. The van der Waals surface area contributed by atoms with Gasteiger partial charge < -0.3 is 4.57 Å². The SMILES string of the molecule is CC(C)c1nc2ccccc2n1Cc1ccc(Br)cc1. The Labute approximate surface area is 127 Å². The Morgan fingerprint density at radius 3 is 2.45 bits per heavy atom. The maximum atomic E-state index is 4.78. The average molecular weight is 329 g/mol. The number of fused-ring (bicyclic) bond motifs is 1. The summed E-state index contributed by atoms with van der Waals surface area (Å²) in [5.41, 5.74) is 3.57. The van der Waals surface area contributed by atoms with Gasteiger partial charge in [0, 0.05) is 16.9 Å². The highest BCUT2D eigenvalue weighted by molar-refractivity contribution is 9.10. The van der Waals surface area contributed by atoms with Gasteiger partial charge in [-0.05, 0) is 29.8 Å². The van der Waals surface area contributed by atoms with Crippen LogP contribution in [-0.4, -0.2) is 9.55 Å². The molecule has 0 radical (unpaired) electrons. The maximum Gasteiger partial charge on any atom is 0.112 e. The van der Waals surface area contributed by atoms with E-state index >= 15 is 0 Å². The zero-order valence-corrected chi connectivity index (χ0v) is 13.3. The molecule has 1 heterocycles. The van der Waals surface area contributed by atoms with Crippen LogP contribution in [-0.2, 0) is 6.54 Å². The summed E-state index contributed by atoms with van der Waals surface area (Å²) < 4.78 is 3.43. The van der Waals surface area contributed by atoms with E-state index in [0.717, 1.165) is 22.4 Å². The maximum absolute atomic E-state index is 4.78. The molecule has 3 heteroatoms. The minimum Gasteiger partial charge on any atom is -0.323 e. The van der Waals surface area contributed by atoms with Gasteiger partial charge in [-0.3, -0.25) is 0 Å². The van der Waals surface area contributed by atoms with Crippen LogP contribution >= 0.6 is 15.9 Å². The zero-order valence-electron chi connectivity index (χ0n) is 11.7. The Bertz CT molecular complexity index is 726. The number of nitrogens with zero attached hydrogens (tertiary/aromatic N) is 2. The van der Waals surface area contributed by atoms with Crippen LogP contribution in [0.15, 0.2) is 53.0 Å². The van der Waals surface area contributed by atoms with Crippen molar-refractivity contribution >= 4 is 27.0 Å². The first kappa shape index (κ1) is 13.4. The third-order valence-corrected chi connectivity index (χ3v) is 3.98. The van der Waals surface area contributed by atoms with Crippen LogP contribution in [0.2, 0.25) is 0 Å². The lowest BCUT2D eigenvalue weighted by molar-refractivity contribution is 0.683. The molecule has 3 rings (SSSR count). The zero-order chi connectivity index (χ0) is 14.1. The largest absolute Gasteiger partial charge is 0.323 e. The molecular weight excluding hydrogens is 312 g/mol. The summed E-state index contributed by atoms with van der Waals surface area (Å²) >= 11 is 3.48. The van der Waals surface area contributed by atoms with Gasteiger partial charge in [-0.25, -0.2) is 4.98 Å². The third kappa shape index (κ3) is 2.50. The second-order valence-corrected chi connectivity index (χ2v) is 6.24. The van der Waals surface area contributed by atoms with Crippen molar-refractivity contribution in [3.8, 4) is 0 Å². The van der Waals surface area contributed by atoms with E-state index < -0.39 is 0 Å². The summed E-state index contributed by atoms with van der Waals surface area (Å²) in [6.07, 6.45) is 0. The molecular formula is C17H17BrN2. The number of imidazole rings is 1. The first-order chi connectivity index (χ1) is 9.65. The number of para-hydroxylation sites is 2. The molecule has 0 unspecified atom stereocenters. The van der Waals surface area contributed by atoms with Crippen LogP contribution in [0.1, 0.15) is 31.2 Å². The van der Waals surface area contributed by atoms with Crippen molar-refractivity contribution in [3.63, 3.8) is 0 Å². The molecule has 0 aliphatic heterocycles. The summed E-state index contributed by atoms with van der Waals surface area (Å²) in [6.45, 7) is 5.25. The van der Waals surface area contributed by atoms with Crippen molar-refractivity contribution in [3.05, 3.63) is 64.4 Å². The molecule has 0 saturated heterocycles. The summed E-state index contributed by atoms with van der Waals surface area (Å²) in [6, 6.07) is 16.8. The van der Waals surface area contributed by atoms with Crippen molar-refractivity contribution < 1.29 is 0 Å². The molecule has 0 atom stereocenters. The average Bonchev–Trinajstić information content (AvgIpc) is 2.81. The Morgan fingerprint density at radius 1 is 1.05 bits per heavy atom. The molecule has 0 saturated carbocycles. The van der Waals surface area contributed by atoms with Gasteiger partial charge in [-0.2, -0.15) is 0 Å². The fraction of sp³-hybridized carbons (Fsp3) is 0.235. The predicted molar refractivity (Wildman–Crippen MR) is 87.1 cm³/mol. The van der Waals surface area contributed by atoms with E-state index in [4.69, 9.17) is 4.98 Å². The van der Waals surface area contributed by atoms with Gasteiger partial charge in [-0.1, -0.05) is 54.0 Å². The quantitative estimate of drug-likeness (QED) is 0.663. The number of hydrogen-bond donors (Lipinski definition) is 0. The Kier molecular flexibility index (Phi) is 3.62. The van der Waals surface area contributed by atoms with Gasteiger partial charge in [-0.15, -0.1) is 0 Å². The first-order valence-electron chi connectivity index (χ1n) is 6.85. The molecule has 0 bridgehead atoms. The predicted octanol–water partition coefficient (Wildman–Crippen LogP) is 4.97. The molecule has 0 fully saturated rings. The highest BCUT2D eigenvalue weighted by Crippen LogP contribution is 2.23. The van der Waals surface area contributed by atoms with Gasteiger partial charge in [0.05, 0.1) is 11.0 Å². The number of aromatic nitrogens is 2. The van der Waals surface area contributed by atoms with Gasteiger partial charge in [0.25, 0.3) is 0 Å². The van der Waals surface area contributed by atoms with Crippen LogP contribution < -0.4 is 0 Å². The highest BCUT2D eigenvalue weighted by Gasteiger charge is 2.13. The normalized spacial score (nSPS) is 11.4. The Hall–Kier alpha value is -1.61. The first-order valence-corrected chi connectivity index (χ1v) is 7.64. The van der Waals surface area contributed by atoms with E-state index in [9.17, 15) is 0 Å². The molecule has 3 aromatic rings. The third-order valence-electron chi connectivity index (χ3n) is 3.45. The van der Waals surface area contributed by atoms with Crippen LogP contribution in [0.3, 0.4) is 0 Å². The Balaban J connectivity index is 2.09. The summed E-state index contributed by atoms with van der Waals surface area (Å²) in [5, 5.41) is 0. The lowest BCUT2D eigenvalue weighted by atomic mass is 10.2. The Morgan fingerprint density at radius 2 is 1.75 bits per heavy atom.